The van der Waals surface area contributed by atoms with E-state index in [0.717, 1.165) is 5.56 Å². The van der Waals surface area contributed by atoms with Crippen molar-refractivity contribution in [1.29, 1.82) is 5.26 Å². The van der Waals surface area contributed by atoms with Crippen LogP contribution in [0.15, 0.2) is 62.7 Å². The van der Waals surface area contributed by atoms with Gasteiger partial charge >= 0.3 is 0 Å². The molecule has 176 valence electrons. The Morgan fingerprint density at radius 2 is 1.94 bits per heavy atom. The minimum Gasteiger partial charge on any atom is -0.459 e. The molecular weight excluding hydrogens is 466 g/mol. The molecule has 1 fully saturated rings. The van der Waals surface area contributed by atoms with Crippen molar-refractivity contribution >= 4 is 35.7 Å². The van der Waals surface area contributed by atoms with Crippen LogP contribution in [0.3, 0.4) is 0 Å². The van der Waals surface area contributed by atoms with Gasteiger partial charge in [-0.05, 0) is 23.8 Å². The minimum absolute atomic E-state index is 0.00942. The molecule has 0 saturated carbocycles. The number of thioether (sulfide) groups is 1. The number of aromatic amines is 1. The molecule has 35 heavy (non-hydrogen) atoms. The van der Waals surface area contributed by atoms with Crippen molar-refractivity contribution in [2.45, 2.75) is 5.16 Å². The van der Waals surface area contributed by atoms with Crippen molar-refractivity contribution in [3.8, 4) is 17.7 Å². The molecule has 1 aliphatic heterocycles. The molecule has 1 N–H and O–H groups in total. The van der Waals surface area contributed by atoms with E-state index in [9.17, 15) is 10.1 Å². The fraction of sp³-hybridized carbons (Fsp3) is 0.208. The van der Waals surface area contributed by atoms with Crippen LogP contribution < -0.4 is 4.90 Å². The van der Waals surface area contributed by atoms with Crippen LogP contribution in [-0.2, 0) is 4.79 Å². The van der Waals surface area contributed by atoms with Crippen LogP contribution in [0, 0.1) is 11.3 Å². The first-order valence-electron chi connectivity index (χ1n) is 11.0. The molecule has 4 heterocycles. The number of anilines is 1. The monoisotopic (exact) mass is 487 g/mol. The van der Waals surface area contributed by atoms with E-state index in [0.29, 0.717) is 48.8 Å². The number of nitriles is 1. The molecule has 0 aliphatic carbocycles. The molecule has 0 spiro atoms. The Morgan fingerprint density at radius 3 is 2.69 bits per heavy atom. The van der Waals surface area contributed by atoms with Gasteiger partial charge in [0.15, 0.2) is 5.76 Å². The van der Waals surface area contributed by atoms with Crippen LogP contribution in [0.25, 0.3) is 23.8 Å². The number of carbonyl (C=O) groups is 1. The molecule has 3 aromatic heterocycles. The predicted molar refractivity (Wildman–Crippen MR) is 130 cm³/mol. The molecule has 1 aliphatic rings. The van der Waals surface area contributed by atoms with Crippen LogP contribution in [0.5, 0.6) is 0 Å². The number of furan rings is 1. The van der Waals surface area contributed by atoms with E-state index in [1.54, 1.807) is 17.0 Å². The van der Waals surface area contributed by atoms with Gasteiger partial charge in [-0.1, -0.05) is 48.2 Å². The summed E-state index contributed by atoms with van der Waals surface area (Å²) in [6.45, 7) is 2.10. The van der Waals surface area contributed by atoms with E-state index in [-0.39, 0.29) is 23.2 Å². The summed E-state index contributed by atoms with van der Waals surface area (Å²) in [6, 6.07) is 15.4. The first kappa shape index (κ1) is 22.5. The topological polar surface area (TPSA) is 128 Å². The van der Waals surface area contributed by atoms with E-state index < -0.39 is 0 Å². The number of aromatic nitrogens is 4. The third-order valence-corrected chi connectivity index (χ3v) is 6.24. The molecule has 0 bridgehead atoms. The van der Waals surface area contributed by atoms with Crippen molar-refractivity contribution in [3.63, 3.8) is 0 Å². The second-order valence-electron chi connectivity index (χ2n) is 7.67. The molecule has 0 radical (unpaired) electrons. The normalized spacial score (nSPS) is 13.9. The molecule has 1 amide bonds. The minimum atomic E-state index is 0.00942. The first-order chi connectivity index (χ1) is 17.2. The smallest absolute Gasteiger partial charge is 0.266 e. The molecule has 10 nitrogen and oxygen atoms in total. The standard InChI is InChI=1S/C24H21N7O3S/c25-15-18-23(34-22(26-18)19-7-4-14-33-19)31-12-10-30(11-13-31)21(32)16-35-24-27-20(28-29-24)9-8-17-5-2-1-3-6-17/h1-9,14H,10-13,16H2,(H,27,28,29)/b9-8+. The van der Waals surface area contributed by atoms with E-state index in [1.807, 2.05) is 47.4 Å². The average molecular weight is 488 g/mol. The van der Waals surface area contributed by atoms with Crippen LogP contribution in [0.1, 0.15) is 17.1 Å². The molecule has 0 unspecified atom stereocenters. The lowest BCUT2D eigenvalue weighted by Gasteiger charge is -2.34. The van der Waals surface area contributed by atoms with Gasteiger partial charge in [0.05, 0.1) is 12.0 Å². The van der Waals surface area contributed by atoms with Gasteiger partial charge < -0.3 is 18.6 Å². The van der Waals surface area contributed by atoms with Gasteiger partial charge in [0, 0.05) is 26.2 Å². The molecule has 0 atom stereocenters. The molecular formula is C24H21N7O3S. The second-order valence-corrected chi connectivity index (χ2v) is 8.61. The zero-order valence-electron chi connectivity index (χ0n) is 18.6. The van der Waals surface area contributed by atoms with Crippen LogP contribution >= 0.6 is 11.8 Å². The number of hydrogen-bond donors (Lipinski definition) is 1. The maximum atomic E-state index is 12.7. The quantitative estimate of drug-likeness (QED) is 0.389. The second kappa shape index (κ2) is 10.3. The van der Waals surface area contributed by atoms with Gasteiger partial charge in [-0.25, -0.2) is 4.98 Å². The van der Waals surface area contributed by atoms with Crippen molar-refractivity contribution in [1.82, 2.24) is 25.1 Å². The van der Waals surface area contributed by atoms with E-state index in [2.05, 4.69) is 26.2 Å². The van der Waals surface area contributed by atoms with Crippen molar-refractivity contribution in [3.05, 3.63) is 65.8 Å². The van der Waals surface area contributed by atoms with E-state index >= 15 is 0 Å². The number of carbonyl (C=O) groups excluding carboxylic acids is 1. The van der Waals surface area contributed by atoms with Gasteiger partial charge in [0.1, 0.15) is 11.9 Å². The highest BCUT2D eigenvalue weighted by Gasteiger charge is 2.27. The van der Waals surface area contributed by atoms with Gasteiger partial charge in [0.2, 0.25) is 22.6 Å². The van der Waals surface area contributed by atoms with E-state index in [4.69, 9.17) is 8.83 Å². The predicted octanol–water partition coefficient (Wildman–Crippen LogP) is 3.54. The maximum absolute atomic E-state index is 12.7. The molecule has 5 rings (SSSR count). The summed E-state index contributed by atoms with van der Waals surface area (Å²) in [5.74, 6) is 2.01. The van der Waals surface area contributed by atoms with Gasteiger partial charge in [-0.15, -0.1) is 5.10 Å². The van der Waals surface area contributed by atoms with Crippen molar-refractivity contribution in [2.24, 2.45) is 0 Å². The highest BCUT2D eigenvalue weighted by molar-refractivity contribution is 7.99. The summed E-state index contributed by atoms with van der Waals surface area (Å²) in [5, 5.41) is 17.0. The Kier molecular flexibility index (Phi) is 6.63. The summed E-state index contributed by atoms with van der Waals surface area (Å²) < 4.78 is 11.1. The number of rotatable bonds is 7. The Balaban J connectivity index is 1.13. The molecule has 1 aromatic carbocycles. The average Bonchev–Trinajstić information content (AvgIpc) is 3.67. The number of benzene rings is 1. The highest BCUT2D eigenvalue weighted by Crippen LogP contribution is 2.29. The summed E-state index contributed by atoms with van der Waals surface area (Å²) in [4.78, 5) is 25.1. The Bertz CT molecular complexity index is 1350. The van der Waals surface area contributed by atoms with Crippen LogP contribution in [0.4, 0.5) is 5.88 Å². The summed E-state index contributed by atoms with van der Waals surface area (Å²) >= 11 is 1.30. The largest absolute Gasteiger partial charge is 0.459 e. The van der Waals surface area contributed by atoms with Crippen molar-refractivity contribution in [2.75, 3.05) is 36.8 Å². The summed E-state index contributed by atoms with van der Waals surface area (Å²) in [6.07, 6.45) is 5.32. The lowest BCUT2D eigenvalue weighted by atomic mass is 10.2. The maximum Gasteiger partial charge on any atom is 0.266 e. The number of piperazine rings is 1. The zero-order chi connectivity index (χ0) is 24.0. The Morgan fingerprint density at radius 1 is 1.11 bits per heavy atom. The number of amides is 1. The molecule has 4 aromatic rings. The lowest BCUT2D eigenvalue weighted by molar-refractivity contribution is -0.128. The van der Waals surface area contributed by atoms with Gasteiger partial charge in [-0.2, -0.15) is 10.2 Å². The fourth-order valence-electron chi connectivity index (χ4n) is 3.62. The fourth-order valence-corrected chi connectivity index (χ4v) is 4.33. The third-order valence-electron chi connectivity index (χ3n) is 5.41. The summed E-state index contributed by atoms with van der Waals surface area (Å²) in [7, 11) is 0. The van der Waals surface area contributed by atoms with Crippen molar-refractivity contribution < 1.29 is 13.6 Å². The van der Waals surface area contributed by atoms with Gasteiger partial charge in [0.25, 0.3) is 5.89 Å². The SMILES string of the molecule is N#Cc1nc(-c2ccco2)oc1N1CCN(C(=O)CSc2n[nH]c(/C=C/c3ccccc3)n2)CC1. The zero-order valence-corrected chi connectivity index (χ0v) is 19.4. The number of H-pyrrole nitrogens is 1. The first-order valence-corrected chi connectivity index (χ1v) is 11.9. The number of hydrogen-bond acceptors (Lipinski definition) is 9. The van der Waals surface area contributed by atoms with Gasteiger partial charge in [-0.3, -0.25) is 9.89 Å². The Labute approximate surface area is 205 Å². The third kappa shape index (κ3) is 5.28. The number of nitrogens with zero attached hydrogens (tertiary/aromatic N) is 6. The van der Waals surface area contributed by atoms with Crippen LogP contribution in [-0.4, -0.2) is 62.9 Å². The number of nitrogens with one attached hydrogen (secondary N) is 1. The Hall–Kier alpha value is -4.30. The highest BCUT2D eigenvalue weighted by atomic mass is 32.2. The lowest BCUT2D eigenvalue weighted by Crippen LogP contribution is -2.49. The van der Waals surface area contributed by atoms with Crippen LogP contribution in [0.2, 0.25) is 0 Å². The summed E-state index contributed by atoms with van der Waals surface area (Å²) in [5.41, 5.74) is 1.27. The molecule has 1 saturated heterocycles. The molecule has 11 heteroatoms. The van der Waals surface area contributed by atoms with E-state index in [1.165, 1.54) is 18.0 Å². The number of oxazole rings is 1.